The Labute approximate surface area is 162 Å². The van der Waals surface area contributed by atoms with Crippen LogP contribution in [0.4, 0.5) is 13.2 Å². The number of furan rings is 1. The van der Waals surface area contributed by atoms with E-state index < -0.39 is 17.6 Å². The molecule has 0 unspecified atom stereocenters. The summed E-state index contributed by atoms with van der Waals surface area (Å²) >= 11 is 11.8. The molecule has 0 saturated heterocycles. The summed E-state index contributed by atoms with van der Waals surface area (Å²) in [6, 6.07) is 12.5. The lowest BCUT2D eigenvalue weighted by atomic mass is 10.1. The van der Waals surface area contributed by atoms with E-state index in [9.17, 15) is 18.0 Å². The molecule has 1 aromatic heterocycles. The smallest absolute Gasteiger partial charge is 0.416 e. The molecule has 3 aromatic rings. The van der Waals surface area contributed by atoms with Crippen LogP contribution in [0.1, 0.15) is 21.7 Å². The molecular weight excluding hydrogens is 402 g/mol. The zero-order chi connectivity index (χ0) is 19.6. The monoisotopic (exact) mass is 413 g/mol. The Balaban J connectivity index is 1.70. The zero-order valence-corrected chi connectivity index (χ0v) is 15.1. The topological polar surface area (TPSA) is 42.2 Å². The van der Waals surface area contributed by atoms with Crippen molar-refractivity contribution in [2.75, 3.05) is 0 Å². The molecular formula is C19H12Cl2F3NO2. The largest absolute Gasteiger partial charge is 0.459 e. The fourth-order valence-electron chi connectivity index (χ4n) is 2.41. The van der Waals surface area contributed by atoms with Gasteiger partial charge in [-0.05, 0) is 42.5 Å². The molecule has 0 aliphatic heterocycles. The second kappa shape index (κ2) is 7.66. The van der Waals surface area contributed by atoms with Gasteiger partial charge in [-0.25, -0.2) is 0 Å². The fraction of sp³-hybridized carbons (Fsp3) is 0.105. The summed E-state index contributed by atoms with van der Waals surface area (Å²) in [5.74, 6) is 0.240. The second-order valence-electron chi connectivity index (χ2n) is 5.65. The Morgan fingerprint density at radius 1 is 1.04 bits per heavy atom. The molecule has 140 valence electrons. The average Bonchev–Trinajstić information content (AvgIpc) is 3.08. The summed E-state index contributed by atoms with van der Waals surface area (Å²) in [5.41, 5.74) is -0.211. The van der Waals surface area contributed by atoms with E-state index in [-0.39, 0.29) is 22.9 Å². The summed E-state index contributed by atoms with van der Waals surface area (Å²) < 4.78 is 44.0. The molecule has 1 heterocycles. The first-order valence-electron chi connectivity index (χ1n) is 7.73. The molecule has 3 nitrogen and oxygen atoms in total. The maximum Gasteiger partial charge on any atom is 0.416 e. The molecule has 0 spiro atoms. The number of halogens is 5. The fourth-order valence-corrected chi connectivity index (χ4v) is 2.91. The maximum absolute atomic E-state index is 12.8. The molecule has 0 aliphatic rings. The van der Waals surface area contributed by atoms with E-state index in [0.29, 0.717) is 16.3 Å². The lowest BCUT2D eigenvalue weighted by Gasteiger charge is -2.07. The maximum atomic E-state index is 12.8. The summed E-state index contributed by atoms with van der Waals surface area (Å²) in [7, 11) is 0. The van der Waals surface area contributed by atoms with Crippen molar-refractivity contribution in [2.45, 2.75) is 12.7 Å². The van der Waals surface area contributed by atoms with Crippen LogP contribution in [0.25, 0.3) is 11.3 Å². The van der Waals surface area contributed by atoms with Gasteiger partial charge in [0.25, 0.3) is 5.91 Å². The highest BCUT2D eigenvalue weighted by atomic mass is 35.5. The van der Waals surface area contributed by atoms with E-state index in [1.165, 1.54) is 24.3 Å². The lowest BCUT2D eigenvalue weighted by Crippen LogP contribution is -2.22. The van der Waals surface area contributed by atoms with Crippen LogP contribution >= 0.6 is 23.2 Å². The summed E-state index contributed by atoms with van der Waals surface area (Å²) in [6.45, 7) is 0.0523. The number of carbonyl (C=O) groups excluding carboxylic acids is 1. The molecule has 0 saturated carbocycles. The number of alkyl halides is 3. The van der Waals surface area contributed by atoms with Crippen molar-refractivity contribution in [2.24, 2.45) is 0 Å². The summed E-state index contributed by atoms with van der Waals surface area (Å²) in [5, 5.41) is 3.26. The highest BCUT2D eigenvalue weighted by molar-refractivity contribution is 6.36. The van der Waals surface area contributed by atoms with Crippen LogP contribution in [0.3, 0.4) is 0 Å². The molecule has 0 fully saturated rings. The van der Waals surface area contributed by atoms with Crippen LogP contribution in [0.15, 0.2) is 59.0 Å². The Kier molecular flexibility index (Phi) is 5.48. The van der Waals surface area contributed by atoms with Crippen molar-refractivity contribution in [3.8, 4) is 11.3 Å². The van der Waals surface area contributed by atoms with Gasteiger partial charge in [-0.3, -0.25) is 4.79 Å². The number of amides is 1. The number of rotatable bonds is 4. The molecule has 1 amide bonds. The Morgan fingerprint density at radius 2 is 1.81 bits per heavy atom. The van der Waals surface area contributed by atoms with Crippen LogP contribution in [-0.2, 0) is 12.7 Å². The van der Waals surface area contributed by atoms with Crippen molar-refractivity contribution in [1.82, 2.24) is 5.32 Å². The first-order valence-corrected chi connectivity index (χ1v) is 8.49. The normalized spacial score (nSPS) is 11.4. The molecule has 0 aliphatic carbocycles. The minimum absolute atomic E-state index is 0.0523. The van der Waals surface area contributed by atoms with Gasteiger partial charge in [-0.1, -0.05) is 35.3 Å². The standard InChI is InChI=1S/C19H12Cl2F3NO2/c20-13-4-6-15(16(21)9-13)18(26)25-10-14-5-7-17(27-14)11-2-1-3-12(8-11)19(22,23)24/h1-9H,10H2,(H,25,26). The van der Waals surface area contributed by atoms with Crippen molar-refractivity contribution >= 4 is 29.1 Å². The van der Waals surface area contributed by atoms with Crippen LogP contribution in [0.2, 0.25) is 10.0 Å². The van der Waals surface area contributed by atoms with Gasteiger partial charge >= 0.3 is 6.18 Å². The predicted octanol–water partition coefficient (Wildman–Crippen LogP) is 6.20. The third kappa shape index (κ3) is 4.64. The molecule has 27 heavy (non-hydrogen) atoms. The van der Waals surface area contributed by atoms with Crippen molar-refractivity contribution in [3.63, 3.8) is 0 Å². The molecule has 0 bridgehead atoms. The number of benzene rings is 2. The van der Waals surface area contributed by atoms with Crippen molar-refractivity contribution < 1.29 is 22.4 Å². The number of hydrogen-bond donors (Lipinski definition) is 1. The van der Waals surface area contributed by atoms with Gasteiger partial charge in [0.05, 0.1) is 22.7 Å². The van der Waals surface area contributed by atoms with Gasteiger partial charge in [0.1, 0.15) is 11.5 Å². The molecule has 0 radical (unpaired) electrons. The van der Waals surface area contributed by atoms with E-state index in [1.54, 1.807) is 18.2 Å². The number of carbonyl (C=O) groups is 1. The van der Waals surface area contributed by atoms with Crippen LogP contribution < -0.4 is 5.32 Å². The minimum Gasteiger partial charge on any atom is -0.459 e. The lowest BCUT2D eigenvalue weighted by molar-refractivity contribution is -0.137. The zero-order valence-electron chi connectivity index (χ0n) is 13.6. The number of nitrogens with one attached hydrogen (secondary N) is 1. The van der Waals surface area contributed by atoms with Gasteiger partial charge in [-0.2, -0.15) is 13.2 Å². The first kappa shape index (κ1) is 19.3. The van der Waals surface area contributed by atoms with E-state index in [0.717, 1.165) is 12.1 Å². The molecule has 0 atom stereocenters. The highest BCUT2D eigenvalue weighted by Gasteiger charge is 2.30. The number of hydrogen-bond acceptors (Lipinski definition) is 2. The molecule has 3 rings (SSSR count). The third-order valence-electron chi connectivity index (χ3n) is 3.74. The highest BCUT2D eigenvalue weighted by Crippen LogP contribution is 2.32. The van der Waals surface area contributed by atoms with Crippen molar-refractivity contribution in [1.29, 1.82) is 0 Å². The van der Waals surface area contributed by atoms with Gasteiger partial charge in [0.2, 0.25) is 0 Å². The van der Waals surface area contributed by atoms with Crippen LogP contribution in [-0.4, -0.2) is 5.91 Å². The predicted molar refractivity (Wildman–Crippen MR) is 96.8 cm³/mol. The van der Waals surface area contributed by atoms with E-state index >= 15 is 0 Å². The Hall–Kier alpha value is -2.44. The minimum atomic E-state index is -4.43. The van der Waals surface area contributed by atoms with Gasteiger partial charge < -0.3 is 9.73 Å². The SMILES string of the molecule is O=C(NCc1ccc(-c2cccc(C(F)(F)F)c2)o1)c1ccc(Cl)cc1Cl. The first-order chi connectivity index (χ1) is 12.7. The van der Waals surface area contributed by atoms with Gasteiger partial charge in [0, 0.05) is 10.6 Å². The van der Waals surface area contributed by atoms with Gasteiger partial charge in [-0.15, -0.1) is 0 Å². The quantitative estimate of drug-likeness (QED) is 0.552. The second-order valence-corrected chi connectivity index (χ2v) is 6.50. The molecule has 1 N–H and O–H groups in total. The van der Waals surface area contributed by atoms with Crippen LogP contribution in [0, 0.1) is 0 Å². The molecule has 8 heteroatoms. The average molecular weight is 414 g/mol. The van der Waals surface area contributed by atoms with Crippen LogP contribution in [0.5, 0.6) is 0 Å². The summed E-state index contributed by atoms with van der Waals surface area (Å²) in [4.78, 5) is 12.2. The van der Waals surface area contributed by atoms with Gasteiger partial charge in [0.15, 0.2) is 0 Å². The van der Waals surface area contributed by atoms with E-state index in [1.807, 2.05) is 0 Å². The third-order valence-corrected chi connectivity index (χ3v) is 4.28. The Bertz CT molecular complexity index is 983. The van der Waals surface area contributed by atoms with E-state index in [4.69, 9.17) is 27.6 Å². The summed E-state index contributed by atoms with van der Waals surface area (Å²) in [6.07, 6.45) is -4.43. The molecule has 2 aromatic carbocycles. The Morgan fingerprint density at radius 3 is 2.52 bits per heavy atom. The van der Waals surface area contributed by atoms with Crippen molar-refractivity contribution in [3.05, 3.63) is 81.5 Å². The van der Waals surface area contributed by atoms with E-state index in [2.05, 4.69) is 5.32 Å².